The lowest BCUT2D eigenvalue weighted by Gasteiger charge is -2.10. The molecule has 0 spiro atoms. The highest BCUT2D eigenvalue weighted by atomic mass is 19.1. The summed E-state index contributed by atoms with van der Waals surface area (Å²) in [6, 6.07) is 9.85. The number of benzene rings is 2. The first-order valence-electron chi connectivity index (χ1n) is 5.99. The maximum atomic E-state index is 13.9. The van der Waals surface area contributed by atoms with Gasteiger partial charge in [-0.3, -0.25) is 4.79 Å². The van der Waals surface area contributed by atoms with Gasteiger partial charge in [-0.2, -0.15) is 0 Å². The first-order chi connectivity index (χ1) is 9.04. The molecule has 0 unspecified atom stereocenters. The SMILES string of the molecule is COc1ccc(C(=O)c2c(C)cccc2C)c(F)c1. The summed E-state index contributed by atoms with van der Waals surface area (Å²) in [5, 5.41) is 0. The summed E-state index contributed by atoms with van der Waals surface area (Å²) in [6.45, 7) is 3.70. The summed E-state index contributed by atoms with van der Waals surface area (Å²) in [6.07, 6.45) is 0. The van der Waals surface area contributed by atoms with Gasteiger partial charge in [0.2, 0.25) is 0 Å². The first kappa shape index (κ1) is 13.3. The van der Waals surface area contributed by atoms with Crippen LogP contribution in [0.3, 0.4) is 0 Å². The maximum Gasteiger partial charge on any atom is 0.196 e. The van der Waals surface area contributed by atoms with E-state index in [1.807, 2.05) is 32.0 Å². The van der Waals surface area contributed by atoms with Crippen LogP contribution in [-0.4, -0.2) is 12.9 Å². The third-order valence-corrected chi connectivity index (χ3v) is 3.13. The van der Waals surface area contributed by atoms with Crippen LogP contribution in [0.25, 0.3) is 0 Å². The highest BCUT2D eigenvalue weighted by Crippen LogP contribution is 2.22. The Balaban J connectivity index is 2.51. The molecule has 0 saturated carbocycles. The van der Waals surface area contributed by atoms with Crippen LogP contribution in [0.5, 0.6) is 5.75 Å². The van der Waals surface area contributed by atoms with Gasteiger partial charge in [-0.15, -0.1) is 0 Å². The minimum absolute atomic E-state index is 0.0678. The van der Waals surface area contributed by atoms with Crippen LogP contribution in [-0.2, 0) is 0 Å². The lowest BCUT2D eigenvalue weighted by molar-refractivity contribution is 0.103. The second-order valence-corrected chi connectivity index (χ2v) is 4.44. The molecule has 2 aromatic carbocycles. The minimum Gasteiger partial charge on any atom is -0.497 e. The monoisotopic (exact) mass is 258 g/mol. The third-order valence-electron chi connectivity index (χ3n) is 3.13. The second kappa shape index (κ2) is 5.22. The molecule has 98 valence electrons. The highest BCUT2D eigenvalue weighted by molar-refractivity contribution is 6.11. The van der Waals surface area contributed by atoms with Crippen LogP contribution in [0, 0.1) is 19.7 Å². The van der Waals surface area contributed by atoms with Crippen LogP contribution in [0.1, 0.15) is 27.0 Å². The van der Waals surface area contributed by atoms with E-state index in [2.05, 4.69) is 0 Å². The second-order valence-electron chi connectivity index (χ2n) is 4.44. The van der Waals surface area contributed by atoms with Crippen molar-refractivity contribution < 1.29 is 13.9 Å². The van der Waals surface area contributed by atoms with Gasteiger partial charge >= 0.3 is 0 Å². The fourth-order valence-corrected chi connectivity index (χ4v) is 2.11. The maximum absolute atomic E-state index is 13.9. The fourth-order valence-electron chi connectivity index (χ4n) is 2.11. The summed E-state index contributed by atoms with van der Waals surface area (Å²) in [4.78, 5) is 12.4. The standard InChI is InChI=1S/C16H15FO2/c1-10-5-4-6-11(2)15(10)16(18)13-8-7-12(19-3)9-14(13)17/h4-9H,1-3H3. The predicted octanol–water partition coefficient (Wildman–Crippen LogP) is 3.68. The molecule has 0 aliphatic rings. The lowest BCUT2D eigenvalue weighted by atomic mass is 9.94. The third kappa shape index (κ3) is 2.50. The molecule has 0 N–H and O–H groups in total. The quantitative estimate of drug-likeness (QED) is 0.785. The zero-order valence-corrected chi connectivity index (χ0v) is 11.2. The van der Waals surface area contributed by atoms with Gasteiger partial charge in [0.25, 0.3) is 0 Å². The van der Waals surface area contributed by atoms with Gasteiger partial charge < -0.3 is 4.74 Å². The molecule has 0 amide bonds. The molecule has 0 aromatic heterocycles. The van der Waals surface area contributed by atoms with Crippen molar-refractivity contribution in [2.75, 3.05) is 7.11 Å². The Labute approximate surface area is 111 Å². The van der Waals surface area contributed by atoms with Gasteiger partial charge in [-0.25, -0.2) is 4.39 Å². The Morgan fingerprint density at radius 2 is 1.74 bits per heavy atom. The predicted molar refractivity (Wildman–Crippen MR) is 72.3 cm³/mol. The van der Waals surface area contributed by atoms with E-state index in [0.29, 0.717) is 11.3 Å². The zero-order valence-electron chi connectivity index (χ0n) is 11.2. The van der Waals surface area contributed by atoms with Crippen molar-refractivity contribution in [1.82, 2.24) is 0 Å². The summed E-state index contributed by atoms with van der Waals surface area (Å²) < 4.78 is 18.9. The number of ketones is 1. The number of aryl methyl sites for hydroxylation is 2. The van der Waals surface area contributed by atoms with Crippen molar-refractivity contribution in [1.29, 1.82) is 0 Å². The van der Waals surface area contributed by atoms with Crippen LogP contribution >= 0.6 is 0 Å². The Bertz CT molecular complexity index is 612. The highest BCUT2D eigenvalue weighted by Gasteiger charge is 2.18. The van der Waals surface area contributed by atoms with Crippen molar-refractivity contribution in [2.24, 2.45) is 0 Å². The van der Waals surface area contributed by atoms with Crippen LogP contribution in [0.2, 0.25) is 0 Å². The zero-order chi connectivity index (χ0) is 14.0. The summed E-state index contributed by atoms with van der Waals surface area (Å²) >= 11 is 0. The molecule has 3 heteroatoms. The van der Waals surface area contributed by atoms with E-state index in [0.717, 1.165) is 11.1 Å². The number of carbonyl (C=O) groups is 1. The van der Waals surface area contributed by atoms with Gasteiger partial charge in [0.15, 0.2) is 5.78 Å². The summed E-state index contributed by atoms with van der Waals surface area (Å²) in [5.74, 6) is -0.460. The molecule has 0 fully saturated rings. The normalized spacial score (nSPS) is 10.3. The first-order valence-corrected chi connectivity index (χ1v) is 5.99. The molecule has 2 nitrogen and oxygen atoms in total. The van der Waals surface area contributed by atoms with E-state index in [1.54, 1.807) is 6.07 Å². The largest absolute Gasteiger partial charge is 0.497 e. The van der Waals surface area contributed by atoms with E-state index in [1.165, 1.54) is 19.2 Å². The van der Waals surface area contributed by atoms with Crippen molar-refractivity contribution >= 4 is 5.78 Å². The van der Waals surface area contributed by atoms with E-state index in [4.69, 9.17) is 4.74 Å². The van der Waals surface area contributed by atoms with Crippen molar-refractivity contribution in [3.8, 4) is 5.75 Å². The molecular formula is C16H15FO2. The molecule has 0 aliphatic heterocycles. The Morgan fingerprint density at radius 1 is 1.11 bits per heavy atom. The van der Waals surface area contributed by atoms with Crippen molar-refractivity contribution in [2.45, 2.75) is 13.8 Å². The molecule has 0 bridgehead atoms. The fraction of sp³-hybridized carbons (Fsp3) is 0.188. The smallest absolute Gasteiger partial charge is 0.196 e. The molecule has 19 heavy (non-hydrogen) atoms. The number of ether oxygens (including phenoxy) is 1. The number of methoxy groups -OCH3 is 1. The number of carbonyl (C=O) groups excluding carboxylic acids is 1. The van der Waals surface area contributed by atoms with Gasteiger partial charge in [-0.1, -0.05) is 18.2 Å². The Hall–Kier alpha value is -2.16. The molecule has 0 saturated heterocycles. The van der Waals surface area contributed by atoms with Crippen LogP contribution in [0.15, 0.2) is 36.4 Å². The summed E-state index contributed by atoms with van der Waals surface area (Å²) in [5.41, 5.74) is 2.32. The van der Waals surface area contributed by atoms with Crippen LogP contribution in [0.4, 0.5) is 4.39 Å². The number of hydrogen-bond donors (Lipinski definition) is 0. The molecule has 2 aromatic rings. The van der Waals surface area contributed by atoms with E-state index in [-0.39, 0.29) is 11.3 Å². The molecule has 0 heterocycles. The van der Waals surface area contributed by atoms with Gasteiger partial charge in [0, 0.05) is 11.6 Å². The summed E-state index contributed by atoms with van der Waals surface area (Å²) in [7, 11) is 1.46. The lowest BCUT2D eigenvalue weighted by Crippen LogP contribution is -2.08. The average molecular weight is 258 g/mol. The van der Waals surface area contributed by atoms with Crippen molar-refractivity contribution in [3.05, 3.63) is 64.5 Å². The van der Waals surface area contributed by atoms with Gasteiger partial charge in [0.05, 0.1) is 12.7 Å². The Kier molecular flexibility index (Phi) is 3.65. The number of rotatable bonds is 3. The molecule has 0 radical (unpaired) electrons. The molecule has 0 aliphatic carbocycles. The van der Waals surface area contributed by atoms with Gasteiger partial charge in [-0.05, 0) is 37.1 Å². The van der Waals surface area contributed by atoms with E-state index < -0.39 is 5.82 Å². The van der Waals surface area contributed by atoms with E-state index in [9.17, 15) is 9.18 Å². The topological polar surface area (TPSA) is 26.3 Å². The molecular weight excluding hydrogens is 243 g/mol. The molecule has 2 rings (SSSR count). The van der Waals surface area contributed by atoms with Gasteiger partial charge in [0.1, 0.15) is 11.6 Å². The Morgan fingerprint density at radius 3 is 2.26 bits per heavy atom. The van der Waals surface area contributed by atoms with Crippen LogP contribution < -0.4 is 4.74 Å². The molecule has 0 atom stereocenters. The number of hydrogen-bond acceptors (Lipinski definition) is 2. The van der Waals surface area contributed by atoms with E-state index >= 15 is 0 Å². The van der Waals surface area contributed by atoms with Crippen molar-refractivity contribution in [3.63, 3.8) is 0 Å². The number of halogens is 1. The average Bonchev–Trinajstić information content (AvgIpc) is 2.38. The minimum atomic E-state index is -0.563.